The van der Waals surface area contributed by atoms with E-state index in [1.807, 2.05) is 32.0 Å². The molecule has 1 aliphatic heterocycles. The lowest BCUT2D eigenvalue weighted by molar-refractivity contribution is -0.125. The van der Waals surface area contributed by atoms with Gasteiger partial charge in [0.15, 0.2) is 5.78 Å². The van der Waals surface area contributed by atoms with E-state index in [2.05, 4.69) is 0 Å². The molecule has 0 N–H and O–H groups in total. The molecule has 2 rings (SSSR count). The van der Waals surface area contributed by atoms with Crippen molar-refractivity contribution in [2.45, 2.75) is 33.1 Å². The number of carbonyl (C=O) groups is 2. The monoisotopic (exact) mass is 245 g/mol. The Morgan fingerprint density at radius 2 is 1.83 bits per heavy atom. The largest absolute Gasteiger partial charge is 0.339 e. The molecule has 0 spiro atoms. The average Bonchev–Trinajstić information content (AvgIpc) is 3.16. The van der Waals surface area contributed by atoms with Gasteiger partial charge >= 0.3 is 0 Å². The van der Waals surface area contributed by atoms with Crippen molar-refractivity contribution in [3.05, 3.63) is 34.9 Å². The minimum Gasteiger partial charge on any atom is -0.339 e. The Balaban J connectivity index is 1.83. The van der Waals surface area contributed by atoms with Crippen LogP contribution in [0.1, 0.15) is 40.7 Å². The van der Waals surface area contributed by atoms with E-state index >= 15 is 0 Å². The van der Waals surface area contributed by atoms with E-state index in [-0.39, 0.29) is 11.7 Å². The smallest absolute Gasteiger partial charge is 0.222 e. The number of benzene rings is 1. The van der Waals surface area contributed by atoms with Crippen LogP contribution >= 0.6 is 0 Å². The van der Waals surface area contributed by atoms with Gasteiger partial charge in [0.25, 0.3) is 0 Å². The molecule has 1 aliphatic rings. The first-order chi connectivity index (χ1) is 8.58. The summed E-state index contributed by atoms with van der Waals surface area (Å²) in [4.78, 5) is 25.2. The van der Waals surface area contributed by atoms with Crippen LogP contribution in [-0.2, 0) is 4.79 Å². The first-order valence-electron chi connectivity index (χ1n) is 6.46. The topological polar surface area (TPSA) is 37.1 Å². The van der Waals surface area contributed by atoms with Crippen LogP contribution in [0.25, 0.3) is 0 Å². The molecule has 3 heteroatoms. The van der Waals surface area contributed by atoms with Gasteiger partial charge in [-0.15, -0.1) is 0 Å². The Labute approximate surface area is 108 Å². The molecule has 0 aliphatic carbocycles. The van der Waals surface area contributed by atoms with E-state index in [0.717, 1.165) is 24.2 Å². The molecular weight excluding hydrogens is 226 g/mol. The highest BCUT2D eigenvalue weighted by molar-refractivity contribution is 5.96. The summed E-state index contributed by atoms with van der Waals surface area (Å²) in [5.74, 6) is 0.319. The number of hydrogen-bond acceptors (Lipinski definition) is 2. The molecule has 0 saturated carbocycles. The molecule has 18 heavy (non-hydrogen) atoms. The maximum atomic E-state index is 12.0. The van der Waals surface area contributed by atoms with Crippen LogP contribution in [0.3, 0.4) is 0 Å². The van der Waals surface area contributed by atoms with Crippen molar-refractivity contribution < 1.29 is 9.59 Å². The molecule has 3 nitrogen and oxygen atoms in total. The Bertz CT molecular complexity index is 475. The van der Waals surface area contributed by atoms with Gasteiger partial charge in [-0.25, -0.2) is 0 Å². The summed E-state index contributed by atoms with van der Waals surface area (Å²) in [6.07, 6.45) is 1.61. The van der Waals surface area contributed by atoms with Crippen LogP contribution in [0, 0.1) is 13.8 Å². The molecule has 1 aromatic carbocycles. The van der Waals surface area contributed by atoms with Crippen molar-refractivity contribution >= 4 is 11.7 Å². The molecule has 96 valence electrons. The molecule has 0 atom stereocenters. The van der Waals surface area contributed by atoms with E-state index in [9.17, 15) is 9.59 Å². The van der Waals surface area contributed by atoms with Gasteiger partial charge in [-0.3, -0.25) is 9.59 Å². The summed E-state index contributed by atoms with van der Waals surface area (Å²) >= 11 is 0. The SMILES string of the molecule is Cc1ccc(C(=O)CCCC(=O)N2CC2)cc1C. The summed E-state index contributed by atoms with van der Waals surface area (Å²) in [5, 5.41) is 0. The first kappa shape index (κ1) is 12.8. The highest BCUT2D eigenvalue weighted by Gasteiger charge is 2.23. The molecule has 0 bridgehead atoms. The molecule has 1 heterocycles. The lowest BCUT2D eigenvalue weighted by Crippen LogP contribution is -2.10. The van der Waals surface area contributed by atoms with Gasteiger partial charge in [0.1, 0.15) is 0 Å². The van der Waals surface area contributed by atoms with E-state index < -0.39 is 0 Å². The summed E-state index contributed by atoms with van der Waals surface area (Å²) in [7, 11) is 0. The van der Waals surface area contributed by atoms with Gasteiger partial charge in [-0.2, -0.15) is 0 Å². The van der Waals surface area contributed by atoms with Crippen molar-refractivity contribution in [3.8, 4) is 0 Å². The Hall–Kier alpha value is -1.64. The lowest BCUT2D eigenvalue weighted by atomic mass is 10.0. The third-order valence-corrected chi connectivity index (χ3v) is 3.42. The summed E-state index contributed by atoms with van der Waals surface area (Å²) in [5.41, 5.74) is 3.10. The van der Waals surface area contributed by atoms with Gasteiger partial charge in [0, 0.05) is 31.5 Å². The minimum atomic E-state index is 0.136. The van der Waals surface area contributed by atoms with Crippen LogP contribution in [-0.4, -0.2) is 29.7 Å². The molecule has 0 radical (unpaired) electrons. The predicted molar refractivity (Wildman–Crippen MR) is 70.7 cm³/mol. The van der Waals surface area contributed by atoms with Crippen LogP contribution < -0.4 is 0 Å². The van der Waals surface area contributed by atoms with Crippen LogP contribution in [0.2, 0.25) is 0 Å². The number of hydrogen-bond donors (Lipinski definition) is 0. The van der Waals surface area contributed by atoms with Crippen molar-refractivity contribution in [1.82, 2.24) is 4.90 Å². The van der Waals surface area contributed by atoms with Gasteiger partial charge in [0.2, 0.25) is 5.91 Å². The fourth-order valence-corrected chi connectivity index (χ4v) is 1.92. The number of Topliss-reactive ketones (excluding diaryl/α,β-unsaturated/α-hetero) is 1. The quantitative estimate of drug-likeness (QED) is 0.590. The Morgan fingerprint density at radius 1 is 1.11 bits per heavy atom. The van der Waals surface area contributed by atoms with E-state index in [4.69, 9.17) is 0 Å². The number of carbonyl (C=O) groups excluding carboxylic acids is 2. The van der Waals surface area contributed by atoms with E-state index in [1.54, 1.807) is 4.90 Å². The lowest BCUT2D eigenvalue weighted by Gasteiger charge is -2.05. The van der Waals surface area contributed by atoms with Gasteiger partial charge in [0.05, 0.1) is 0 Å². The zero-order valence-electron chi connectivity index (χ0n) is 11.0. The second-order valence-electron chi connectivity index (χ2n) is 4.96. The number of aryl methyl sites for hydroxylation is 2. The third-order valence-electron chi connectivity index (χ3n) is 3.42. The first-order valence-corrected chi connectivity index (χ1v) is 6.46. The number of rotatable bonds is 5. The zero-order valence-corrected chi connectivity index (χ0v) is 11.0. The van der Waals surface area contributed by atoms with Crippen LogP contribution in [0.4, 0.5) is 0 Å². The van der Waals surface area contributed by atoms with Crippen LogP contribution in [0.5, 0.6) is 0 Å². The number of amides is 1. The highest BCUT2D eigenvalue weighted by atomic mass is 16.2. The minimum absolute atomic E-state index is 0.136. The third kappa shape index (κ3) is 3.19. The fraction of sp³-hybridized carbons (Fsp3) is 0.467. The highest BCUT2D eigenvalue weighted by Crippen LogP contribution is 2.14. The normalized spacial score (nSPS) is 13.6. The predicted octanol–water partition coefficient (Wildman–Crippen LogP) is 2.50. The molecule has 1 fully saturated rings. The van der Waals surface area contributed by atoms with Crippen molar-refractivity contribution in [1.29, 1.82) is 0 Å². The summed E-state index contributed by atoms with van der Waals surface area (Å²) in [6, 6.07) is 5.78. The van der Waals surface area contributed by atoms with E-state index in [0.29, 0.717) is 19.3 Å². The van der Waals surface area contributed by atoms with Crippen LogP contribution in [0.15, 0.2) is 18.2 Å². The fourth-order valence-electron chi connectivity index (χ4n) is 1.92. The molecule has 1 saturated heterocycles. The molecule has 1 amide bonds. The van der Waals surface area contributed by atoms with Gasteiger partial charge in [-0.05, 0) is 37.5 Å². The van der Waals surface area contributed by atoms with Crippen molar-refractivity contribution in [2.75, 3.05) is 13.1 Å². The molecule has 0 unspecified atom stereocenters. The Morgan fingerprint density at radius 3 is 2.44 bits per heavy atom. The van der Waals surface area contributed by atoms with Crippen molar-refractivity contribution in [3.63, 3.8) is 0 Å². The number of ketones is 1. The number of nitrogens with zero attached hydrogens (tertiary/aromatic N) is 1. The Kier molecular flexibility index (Phi) is 3.80. The maximum Gasteiger partial charge on any atom is 0.222 e. The standard InChI is InChI=1S/C15H19NO2/c1-11-6-7-13(10-12(11)2)14(17)4-3-5-15(18)16-8-9-16/h6-7,10H,3-5,8-9H2,1-2H3. The zero-order chi connectivity index (χ0) is 13.1. The molecular formula is C15H19NO2. The van der Waals surface area contributed by atoms with E-state index in [1.165, 1.54) is 5.56 Å². The van der Waals surface area contributed by atoms with Gasteiger partial charge < -0.3 is 4.90 Å². The average molecular weight is 245 g/mol. The second kappa shape index (κ2) is 5.34. The molecule has 1 aromatic rings. The summed E-state index contributed by atoms with van der Waals surface area (Å²) in [6.45, 7) is 5.83. The maximum absolute atomic E-state index is 12.0. The van der Waals surface area contributed by atoms with Crippen molar-refractivity contribution in [2.24, 2.45) is 0 Å². The van der Waals surface area contributed by atoms with Gasteiger partial charge in [-0.1, -0.05) is 12.1 Å². The summed E-state index contributed by atoms with van der Waals surface area (Å²) < 4.78 is 0. The molecule has 0 aromatic heterocycles. The second-order valence-corrected chi connectivity index (χ2v) is 4.96.